The number of rotatable bonds is 8. The standard InChI is InChI=1S/C29H39N5O4.BrH/c1-17(2)21-11-18(12-25(27(21)38-6)33-9-7-20(35)8-10-33)26(36)16-34-15-19-13-24(32(4)5)23(29(37)31-3)14-22(19)28(34)30;/h11-14,17,20,30,35H,7-10,15-16H2,1-6H3,(H,31,37);1H. The molecule has 0 atom stereocenters. The number of hydrogen-bond acceptors (Lipinski definition) is 7. The van der Waals surface area contributed by atoms with Crippen molar-refractivity contribution < 1.29 is 19.4 Å². The Morgan fingerprint density at radius 2 is 1.85 bits per heavy atom. The van der Waals surface area contributed by atoms with E-state index in [1.807, 2.05) is 37.2 Å². The van der Waals surface area contributed by atoms with E-state index in [0.717, 1.165) is 28.3 Å². The number of nitrogens with zero attached hydrogens (tertiary/aromatic N) is 3. The number of nitrogens with one attached hydrogen (secondary N) is 2. The second-order valence-corrected chi connectivity index (χ2v) is 10.6. The third kappa shape index (κ3) is 6.06. The fourth-order valence-corrected chi connectivity index (χ4v) is 5.31. The van der Waals surface area contributed by atoms with E-state index in [1.165, 1.54) is 0 Å². The number of ketones is 1. The molecule has 0 aliphatic carbocycles. The summed E-state index contributed by atoms with van der Waals surface area (Å²) >= 11 is 0. The summed E-state index contributed by atoms with van der Waals surface area (Å²) in [7, 11) is 7.01. The monoisotopic (exact) mass is 601 g/mol. The first-order chi connectivity index (χ1) is 18.0. The van der Waals surface area contributed by atoms with Crippen LogP contribution in [-0.2, 0) is 6.54 Å². The van der Waals surface area contributed by atoms with Crippen LogP contribution in [-0.4, -0.2) is 81.5 Å². The molecule has 2 aromatic carbocycles. The minimum atomic E-state index is -0.300. The van der Waals surface area contributed by atoms with Crippen LogP contribution in [0.1, 0.15) is 70.0 Å². The van der Waals surface area contributed by atoms with E-state index in [1.54, 1.807) is 25.1 Å². The van der Waals surface area contributed by atoms with Gasteiger partial charge in [0.15, 0.2) is 5.78 Å². The molecule has 0 radical (unpaired) electrons. The Balaban J connectivity index is 0.00000420. The number of aliphatic hydroxyl groups is 1. The van der Waals surface area contributed by atoms with Gasteiger partial charge in [-0.3, -0.25) is 15.0 Å². The molecule has 0 saturated carbocycles. The molecule has 1 amide bonds. The maximum absolute atomic E-state index is 13.6. The van der Waals surface area contributed by atoms with Crippen LogP contribution in [0.3, 0.4) is 0 Å². The number of fused-ring (bicyclic) bond motifs is 1. The molecule has 39 heavy (non-hydrogen) atoms. The number of halogens is 1. The molecule has 9 nitrogen and oxygen atoms in total. The topological polar surface area (TPSA) is 109 Å². The van der Waals surface area contributed by atoms with Gasteiger partial charge in [0.25, 0.3) is 5.91 Å². The highest BCUT2D eigenvalue weighted by atomic mass is 79.9. The lowest BCUT2D eigenvalue weighted by molar-refractivity contribution is 0.0955. The van der Waals surface area contributed by atoms with Crippen molar-refractivity contribution in [2.24, 2.45) is 0 Å². The SMILES string of the molecule is Br.CNC(=O)c1cc2c(cc1N(C)C)CN(CC(=O)c1cc(C(C)C)c(OC)c(N3CCC(O)CC3)c1)C2=N. The average molecular weight is 603 g/mol. The van der Waals surface area contributed by atoms with E-state index < -0.39 is 0 Å². The van der Waals surface area contributed by atoms with Crippen LogP contribution in [0.4, 0.5) is 11.4 Å². The third-order valence-corrected chi connectivity index (χ3v) is 7.49. The Hall–Kier alpha value is -3.11. The number of amidine groups is 1. The maximum atomic E-state index is 13.6. The largest absolute Gasteiger partial charge is 0.494 e. The Kier molecular flexibility index (Phi) is 9.66. The van der Waals surface area contributed by atoms with Gasteiger partial charge in [-0.1, -0.05) is 13.8 Å². The molecule has 1 saturated heterocycles. The maximum Gasteiger partial charge on any atom is 0.253 e. The van der Waals surface area contributed by atoms with Crippen molar-refractivity contribution >= 4 is 45.9 Å². The molecule has 0 aromatic heterocycles. The van der Waals surface area contributed by atoms with E-state index in [-0.39, 0.29) is 53.1 Å². The zero-order valence-electron chi connectivity index (χ0n) is 23.6. The number of piperidine rings is 1. The zero-order chi connectivity index (χ0) is 27.7. The summed E-state index contributed by atoms with van der Waals surface area (Å²) in [5.74, 6) is 0.869. The normalized spacial score (nSPS) is 15.2. The number of carbonyl (C=O) groups excluding carboxylic acids is 2. The number of carbonyl (C=O) groups is 2. The molecule has 3 N–H and O–H groups in total. The van der Waals surface area contributed by atoms with Crippen LogP contribution >= 0.6 is 17.0 Å². The van der Waals surface area contributed by atoms with E-state index in [4.69, 9.17) is 10.1 Å². The van der Waals surface area contributed by atoms with Gasteiger partial charge in [0.2, 0.25) is 0 Å². The number of methoxy groups -OCH3 is 1. The molecule has 0 spiro atoms. The first kappa shape index (κ1) is 30.4. The molecule has 0 unspecified atom stereocenters. The molecule has 2 heterocycles. The summed E-state index contributed by atoms with van der Waals surface area (Å²) in [6.07, 6.45) is 1.05. The minimum Gasteiger partial charge on any atom is -0.494 e. The molecule has 0 bridgehead atoms. The smallest absolute Gasteiger partial charge is 0.253 e. The van der Waals surface area contributed by atoms with Crippen molar-refractivity contribution in [3.8, 4) is 5.75 Å². The summed E-state index contributed by atoms with van der Waals surface area (Å²) in [6.45, 7) is 6.03. The van der Waals surface area contributed by atoms with Crippen molar-refractivity contribution in [3.05, 3.63) is 52.1 Å². The summed E-state index contributed by atoms with van der Waals surface area (Å²) in [5.41, 5.74) is 5.29. The van der Waals surface area contributed by atoms with Gasteiger partial charge < -0.3 is 29.9 Å². The first-order valence-corrected chi connectivity index (χ1v) is 13.1. The van der Waals surface area contributed by atoms with Crippen LogP contribution in [0.25, 0.3) is 0 Å². The fraction of sp³-hybridized carbons (Fsp3) is 0.483. The molecular formula is C29H40BrN5O4. The quantitative estimate of drug-likeness (QED) is 0.395. The van der Waals surface area contributed by atoms with Gasteiger partial charge in [0.05, 0.1) is 31.0 Å². The molecule has 4 rings (SSSR count). The minimum absolute atomic E-state index is 0. The van der Waals surface area contributed by atoms with Gasteiger partial charge in [-0.25, -0.2) is 0 Å². The van der Waals surface area contributed by atoms with Crippen molar-refractivity contribution in [3.63, 3.8) is 0 Å². The number of amides is 1. The molecule has 2 aliphatic rings. The number of aliphatic hydroxyl groups excluding tert-OH is 1. The van der Waals surface area contributed by atoms with Gasteiger partial charge in [-0.2, -0.15) is 0 Å². The van der Waals surface area contributed by atoms with E-state index in [2.05, 4.69) is 24.1 Å². The van der Waals surface area contributed by atoms with Gasteiger partial charge in [-0.05, 0) is 54.2 Å². The lowest BCUT2D eigenvalue weighted by Gasteiger charge is -2.33. The van der Waals surface area contributed by atoms with E-state index >= 15 is 0 Å². The molecule has 212 valence electrons. The second-order valence-electron chi connectivity index (χ2n) is 10.6. The highest BCUT2D eigenvalue weighted by Crippen LogP contribution is 2.39. The first-order valence-electron chi connectivity index (χ1n) is 13.1. The highest BCUT2D eigenvalue weighted by Gasteiger charge is 2.30. The number of anilines is 2. The lowest BCUT2D eigenvalue weighted by atomic mass is 9.95. The lowest BCUT2D eigenvalue weighted by Crippen LogP contribution is -2.36. The average Bonchev–Trinajstić information content (AvgIpc) is 3.20. The molecule has 2 aromatic rings. The Labute approximate surface area is 241 Å². The molecular weight excluding hydrogens is 562 g/mol. The van der Waals surface area contributed by atoms with Gasteiger partial charge in [0, 0.05) is 57.6 Å². The van der Waals surface area contributed by atoms with Crippen LogP contribution in [0, 0.1) is 5.41 Å². The molecule has 10 heteroatoms. The fourth-order valence-electron chi connectivity index (χ4n) is 5.31. The second kappa shape index (κ2) is 12.4. The van der Waals surface area contributed by atoms with E-state index in [0.29, 0.717) is 49.2 Å². The number of hydrogen-bond donors (Lipinski definition) is 3. The van der Waals surface area contributed by atoms with Crippen LogP contribution in [0.2, 0.25) is 0 Å². The van der Waals surface area contributed by atoms with Crippen LogP contribution in [0.5, 0.6) is 5.75 Å². The predicted octanol–water partition coefficient (Wildman–Crippen LogP) is 3.81. The number of benzene rings is 2. The predicted molar refractivity (Wildman–Crippen MR) is 161 cm³/mol. The third-order valence-electron chi connectivity index (χ3n) is 7.49. The molecule has 1 fully saturated rings. The summed E-state index contributed by atoms with van der Waals surface area (Å²) in [5, 5.41) is 21.5. The Morgan fingerprint density at radius 3 is 2.41 bits per heavy atom. The summed E-state index contributed by atoms with van der Waals surface area (Å²) < 4.78 is 5.82. The van der Waals surface area contributed by atoms with Crippen molar-refractivity contribution in [1.29, 1.82) is 5.41 Å². The van der Waals surface area contributed by atoms with Crippen molar-refractivity contribution in [1.82, 2.24) is 10.2 Å². The van der Waals surface area contributed by atoms with Crippen molar-refractivity contribution in [2.75, 3.05) is 57.7 Å². The van der Waals surface area contributed by atoms with Crippen LogP contribution < -0.4 is 19.9 Å². The van der Waals surface area contributed by atoms with Crippen molar-refractivity contribution in [2.45, 2.75) is 45.3 Å². The molecule has 2 aliphatic heterocycles. The van der Waals surface area contributed by atoms with Gasteiger partial charge in [0.1, 0.15) is 11.6 Å². The number of ether oxygens (including phenoxy) is 1. The summed E-state index contributed by atoms with van der Waals surface area (Å²) in [6, 6.07) is 7.50. The Bertz CT molecular complexity index is 1250. The van der Waals surface area contributed by atoms with Crippen LogP contribution in [0.15, 0.2) is 24.3 Å². The van der Waals surface area contributed by atoms with Gasteiger partial charge >= 0.3 is 0 Å². The Morgan fingerprint density at radius 1 is 1.18 bits per heavy atom. The summed E-state index contributed by atoms with van der Waals surface area (Å²) in [4.78, 5) is 32.0. The zero-order valence-corrected chi connectivity index (χ0v) is 25.3. The number of Topliss-reactive ketones (excluding diaryl/α,β-unsaturated/α-hetero) is 1. The highest BCUT2D eigenvalue weighted by molar-refractivity contribution is 8.93. The van der Waals surface area contributed by atoms with E-state index in [9.17, 15) is 14.7 Å². The van der Waals surface area contributed by atoms with Gasteiger partial charge in [-0.15, -0.1) is 17.0 Å².